The minimum absolute atomic E-state index is 0.327. The van der Waals surface area contributed by atoms with E-state index in [1.54, 1.807) is 0 Å². The number of rotatable bonds is 6. The van der Waals surface area contributed by atoms with Gasteiger partial charge in [-0.15, -0.1) is 0 Å². The zero-order chi connectivity index (χ0) is 56.4. The van der Waals surface area contributed by atoms with Crippen LogP contribution in [0.2, 0.25) is 0 Å². The summed E-state index contributed by atoms with van der Waals surface area (Å²) in [4.78, 5) is 83.3. The Bertz CT molecular complexity index is 4070. The SMILES string of the molecule is O=C(OC1C(OC(=O)c2cc(O)c(O)c(O)c2Oc2c(O)cc3c(=O)oc4c(O)c(O)cc5c(=O)oc2c3c45)C(O)OC2COC(=O)c3cc(O)c(O)c(O)c3-c3c(cc(O)c(O)c3O)C(=O)OC21)c1cc(O)c(O)c(O)c1. The number of carbonyl (C=O) groups is 4. The zero-order valence-electron chi connectivity index (χ0n) is 38.0. The van der Waals surface area contributed by atoms with E-state index in [1.165, 1.54) is 0 Å². The average molecular weight is 1090 g/mol. The molecule has 0 amide bonds. The lowest BCUT2D eigenvalue weighted by atomic mass is 9.92. The number of phenols is 15. The minimum atomic E-state index is -2.70. The molecule has 0 spiro atoms. The van der Waals surface area contributed by atoms with Crippen LogP contribution in [0.4, 0.5) is 0 Å². The molecule has 30 nitrogen and oxygen atoms in total. The van der Waals surface area contributed by atoms with E-state index in [0.29, 0.717) is 36.4 Å². The number of carbonyl (C=O) groups excluding carboxylic acids is 4. The van der Waals surface area contributed by atoms with E-state index in [2.05, 4.69) is 0 Å². The Labute approximate surface area is 425 Å². The normalized spacial score (nSPS) is 18.3. The van der Waals surface area contributed by atoms with E-state index in [0.717, 1.165) is 6.07 Å². The van der Waals surface area contributed by atoms with E-state index in [4.69, 9.17) is 37.3 Å². The molecule has 0 bridgehead atoms. The number of phenolic OH excluding ortho intramolecular Hbond substituents is 15. The quantitative estimate of drug-likeness (QED) is 0.0374. The van der Waals surface area contributed by atoms with Crippen molar-refractivity contribution in [1.29, 1.82) is 0 Å². The Morgan fingerprint density at radius 2 is 0.974 bits per heavy atom. The first-order valence-corrected chi connectivity index (χ1v) is 21.6. The van der Waals surface area contributed by atoms with Gasteiger partial charge in [0.2, 0.25) is 34.5 Å². The minimum Gasteiger partial charge on any atom is -0.504 e. The van der Waals surface area contributed by atoms with E-state index in [9.17, 15) is 110 Å². The van der Waals surface area contributed by atoms with E-state index >= 15 is 0 Å². The fourth-order valence-corrected chi connectivity index (χ4v) is 8.73. The van der Waals surface area contributed by atoms with Crippen molar-refractivity contribution in [2.75, 3.05) is 6.61 Å². The summed E-state index contributed by atoms with van der Waals surface area (Å²) in [7, 11) is 0. The molecule has 0 aliphatic carbocycles. The molecule has 5 unspecified atom stereocenters. The molecule has 4 heterocycles. The highest BCUT2D eigenvalue weighted by atomic mass is 16.7. The lowest BCUT2D eigenvalue weighted by Crippen LogP contribution is -2.62. The number of aliphatic hydroxyl groups excluding tert-OH is 1. The molecule has 2 aromatic heterocycles. The number of cyclic esters (lactones) is 1. The molecular formula is C48H30O30. The molecule has 402 valence electrons. The fourth-order valence-electron chi connectivity index (χ4n) is 8.73. The van der Waals surface area contributed by atoms with Crippen molar-refractivity contribution >= 4 is 56.6 Å². The van der Waals surface area contributed by atoms with E-state index in [1.807, 2.05) is 0 Å². The van der Waals surface area contributed by atoms with Gasteiger partial charge in [-0.25, -0.2) is 28.8 Å². The average Bonchev–Trinajstić information content (AvgIpc) is 3.50. The van der Waals surface area contributed by atoms with Crippen LogP contribution in [0.3, 0.4) is 0 Å². The number of hydrogen-bond donors (Lipinski definition) is 16. The number of benzene rings is 6. The van der Waals surface area contributed by atoms with E-state index in [-0.39, 0.29) is 0 Å². The van der Waals surface area contributed by atoms with Gasteiger partial charge in [-0.3, -0.25) is 0 Å². The van der Waals surface area contributed by atoms with Crippen molar-refractivity contribution in [3.05, 3.63) is 85.6 Å². The molecular weight excluding hydrogens is 1060 g/mol. The molecule has 30 heteroatoms. The van der Waals surface area contributed by atoms with Crippen LogP contribution in [-0.2, 0) is 23.7 Å². The summed E-state index contributed by atoms with van der Waals surface area (Å²) >= 11 is 0. The molecule has 10 rings (SSSR count). The van der Waals surface area contributed by atoms with Gasteiger partial charge < -0.3 is 119 Å². The monoisotopic (exact) mass is 1090 g/mol. The standard InChI is InChI=1S/C48H30O30/c49-15-1-9(2-16(50)27(15)56)42(64)77-40-37-22(8-71-43(65)10-3-17(51)28(57)32(61)23(10)24-11(44(66)74-37)4-18(52)29(58)33(24)62)72-48(70)41(40)78-47(69)14-7-19(53)30(59)34(63)35(14)73-36-21(55)6-13-26-25-12(46(68)76-39(26)36)5-20(54)31(60)38(25)75-45(13)67/h1-7,22,37,40-41,48-63,70H,8H2. The van der Waals surface area contributed by atoms with Gasteiger partial charge >= 0.3 is 35.1 Å². The number of ether oxygens (including phenoxy) is 6. The second-order valence-electron chi connectivity index (χ2n) is 17.0. The molecule has 2 aliphatic heterocycles. The molecule has 78 heavy (non-hydrogen) atoms. The molecule has 0 saturated carbocycles. The molecule has 8 aromatic rings. The van der Waals surface area contributed by atoms with E-state index < -0.39 is 236 Å². The zero-order valence-corrected chi connectivity index (χ0v) is 38.0. The van der Waals surface area contributed by atoms with Crippen LogP contribution in [-0.4, -0.2) is 143 Å². The fraction of sp³-hybridized carbons (Fsp3) is 0.125. The van der Waals surface area contributed by atoms with Crippen molar-refractivity contribution in [2.24, 2.45) is 0 Å². The van der Waals surface area contributed by atoms with Crippen molar-refractivity contribution in [1.82, 2.24) is 0 Å². The summed E-state index contributed by atoms with van der Waals surface area (Å²) in [5.41, 5.74) is -10.7. The maximum absolute atomic E-state index is 14.6. The van der Waals surface area contributed by atoms with Gasteiger partial charge in [0.25, 0.3) is 0 Å². The van der Waals surface area contributed by atoms with Gasteiger partial charge in [-0.2, -0.15) is 0 Å². The molecule has 0 radical (unpaired) electrons. The molecule has 2 aliphatic rings. The topological polar surface area (TPSA) is 508 Å². The summed E-state index contributed by atoms with van der Waals surface area (Å²) in [6.45, 7) is -1.25. The van der Waals surface area contributed by atoms with Crippen molar-refractivity contribution in [2.45, 2.75) is 30.7 Å². The highest BCUT2D eigenvalue weighted by molar-refractivity contribution is 6.22. The summed E-state index contributed by atoms with van der Waals surface area (Å²) in [6, 6.07) is 3.61. The summed E-state index contributed by atoms with van der Waals surface area (Å²) in [5, 5.41) is 169. The third-order valence-corrected chi connectivity index (χ3v) is 12.4. The highest BCUT2D eigenvalue weighted by Gasteiger charge is 2.54. The Morgan fingerprint density at radius 3 is 1.58 bits per heavy atom. The third-order valence-electron chi connectivity index (χ3n) is 12.4. The van der Waals surface area contributed by atoms with Crippen molar-refractivity contribution in [3.8, 4) is 109 Å². The predicted molar refractivity (Wildman–Crippen MR) is 246 cm³/mol. The Hall–Kier alpha value is -11.1. The third kappa shape index (κ3) is 7.66. The van der Waals surface area contributed by atoms with Crippen molar-refractivity contribution in [3.63, 3.8) is 0 Å². The van der Waals surface area contributed by atoms with Crippen LogP contribution in [0, 0.1) is 0 Å². The van der Waals surface area contributed by atoms with Gasteiger partial charge in [0.15, 0.2) is 99.0 Å². The Balaban J connectivity index is 1.11. The predicted octanol–water partition coefficient (Wildman–Crippen LogP) is 2.40. The summed E-state index contributed by atoms with van der Waals surface area (Å²) < 4.78 is 43.8. The van der Waals surface area contributed by atoms with Crippen LogP contribution in [0.15, 0.2) is 60.9 Å². The number of fused-ring (bicyclic) bond motifs is 4. The highest BCUT2D eigenvalue weighted by Crippen LogP contribution is 2.54. The maximum Gasteiger partial charge on any atom is 0.344 e. The maximum atomic E-state index is 14.6. The molecule has 1 fully saturated rings. The smallest absolute Gasteiger partial charge is 0.344 e. The second-order valence-corrected chi connectivity index (χ2v) is 17.0. The first kappa shape index (κ1) is 50.4. The lowest BCUT2D eigenvalue weighted by molar-refractivity contribution is -0.284. The van der Waals surface area contributed by atoms with Gasteiger partial charge in [-0.1, -0.05) is 0 Å². The number of esters is 4. The first-order valence-electron chi connectivity index (χ1n) is 21.6. The molecule has 16 N–H and O–H groups in total. The summed E-state index contributed by atoms with van der Waals surface area (Å²) in [6.07, 6.45) is -12.5. The molecule has 5 atom stereocenters. The molecule has 1 saturated heterocycles. The van der Waals surface area contributed by atoms with Crippen molar-refractivity contribution < 1.29 is 138 Å². The van der Waals surface area contributed by atoms with Crippen LogP contribution in [0.25, 0.3) is 43.8 Å². The Morgan fingerprint density at radius 1 is 0.487 bits per heavy atom. The van der Waals surface area contributed by atoms with Gasteiger partial charge in [0.05, 0.1) is 27.5 Å². The first-order chi connectivity index (χ1) is 36.8. The van der Waals surface area contributed by atoms with Gasteiger partial charge in [-0.05, 0) is 36.4 Å². The Kier molecular flexibility index (Phi) is 11.5. The van der Waals surface area contributed by atoms with Crippen LogP contribution >= 0.6 is 0 Å². The number of aromatic hydroxyl groups is 15. The van der Waals surface area contributed by atoms with Gasteiger partial charge in [0, 0.05) is 28.0 Å². The number of aliphatic hydroxyl groups is 1. The lowest BCUT2D eigenvalue weighted by Gasteiger charge is -2.42. The van der Waals surface area contributed by atoms with Crippen LogP contribution in [0.5, 0.6) is 97.7 Å². The van der Waals surface area contributed by atoms with Gasteiger partial charge in [0.1, 0.15) is 18.3 Å². The summed E-state index contributed by atoms with van der Waals surface area (Å²) in [5.74, 6) is -28.6. The second kappa shape index (κ2) is 17.8. The number of hydrogen-bond acceptors (Lipinski definition) is 30. The largest absolute Gasteiger partial charge is 0.504 e. The van der Waals surface area contributed by atoms with Crippen LogP contribution < -0.4 is 16.0 Å². The van der Waals surface area contributed by atoms with Crippen LogP contribution in [0.1, 0.15) is 41.4 Å². The molecule has 6 aromatic carbocycles.